The third kappa shape index (κ3) is 3.74. The Bertz CT molecular complexity index is 888. The van der Waals surface area contributed by atoms with Crippen molar-refractivity contribution < 1.29 is 9.47 Å². The van der Waals surface area contributed by atoms with E-state index in [0.29, 0.717) is 12.6 Å². The van der Waals surface area contributed by atoms with E-state index in [0.717, 1.165) is 46.5 Å². The van der Waals surface area contributed by atoms with Crippen molar-refractivity contribution in [2.45, 2.75) is 38.3 Å². The Morgan fingerprint density at radius 3 is 2.73 bits per heavy atom. The molecule has 0 saturated heterocycles. The van der Waals surface area contributed by atoms with Crippen LogP contribution in [0.2, 0.25) is 0 Å². The van der Waals surface area contributed by atoms with Crippen LogP contribution in [-0.2, 0) is 6.54 Å². The lowest BCUT2D eigenvalue weighted by atomic mass is 10.1. The number of aromatic nitrogens is 1. The number of nitrogens with one attached hydrogen (secondary N) is 1. The predicted octanol–water partition coefficient (Wildman–Crippen LogP) is 5.18. The second-order valence-corrected chi connectivity index (χ2v) is 6.78. The number of rotatable bonds is 6. The third-order valence-corrected chi connectivity index (χ3v) is 4.90. The summed E-state index contributed by atoms with van der Waals surface area (Å²) in [5.41, 5.74) is 3.19. The molecule has 1 aliphatic rings. The molecule has 4 heteroatoms. The third-order valence-electron chi connectivity index (χ3n) is 4.90. The molecule has 0 aliphatic heterocycles. The highest BCUT2D eigenvalue weighted by atomic mass is 16.5. The van der Waals surface area contributed by atoms with E-state index in [1.54, 1.807) is 7.11 Å². The SMILES string of the molecule is COc1ccc(NCc2cnc3ccccc3c2)cc1OC1CCCC1. The molecule has 0 unspecified atom stereocenters. The van der Waals surface area contributed by atoms with Crippen LogP contribution in [-0.4, -0.2) is 18.2 Å². The van der Waals surface area contributed by atoms with Crippen molar-refractivity contribution in [1.29, 1.82) is 0 Å². The van der Waals surface area contributed by atoms with Gasteiger partial charge in [0, 0.05) is 29.9 Å². The van der Waals surface area contributed by atoms with Gasteiger partial charge in [-0.15, -0.1) is 0 Å². The van der Waals surface area contributed by atoms with Crippen LogP contribution < -0.4 is 14.8 Å². The Labute approximate surface area is 154 Å². The zero-order chi connectivity index (χ0) is 17.8. The highest BCUT2D eigenvalue weighted by Crippen LogP contribution is 2.34. The quantitative estimate of drug-likeness (QED) is 0.667. The van der Waals surface area contributed by atoms with E-state index in [-0.39, 0.29) is 0 Å². The molecular weight excluding hydrogens is 324 g/mol. The smallest absolute Gasteiger partial charge is 0.163 e. The number of nitrogens with zero attached hydrogens (tertiary/aromatic N) is 1. The van der Waals surface area contributed by atoms with Crippen molar-refractivity contribution in [2.75, 3.05) is 12.4 Å². The highest BCUT2D eigenvalue weighted by molar-refractivity contribution is 5.78. The largest absolute Gasteiger partial charge is 0.493 e. The molecule has 0 spiro atoms. The van der Waals surface area contributed by atoms with E-state index in [1.807, 2.05) is 42.6 Å². The predicted molar refractivity (Wildman–Crippen MR) is 105 cm³/mol. The van der Waals surface area contributed by atoms with Gasteiger partial charge in [-0.25, -0.2) is 0 Å². The van der Waals surface area contributed by atoms with E-state index in [9.17, 15) is 0 Å². The first-order chi connectivity index (χ1) is 12.8. The molecule has 4 nitrogen and oxygen atoms in total. The summed E-state index contributed by atoms with van der Waals surface area (Å²) in [7, 11) is 1.69. The van der Waals surface area contributed by atoms with E-state index in [1.165, 1.54) is 12.8 Å². The molecule has 1 fully saturated rings. The summed E-state index contributed by atoms with van der Waals surface area (Å²) in [6.07, 6.45) is 6.99. The normalized spacial score (nSPS) is 14.5. The van der Waals surface area contributed by atoms with Gasteiger partial charge in [-0.3, -0.25) is 4.98 Å². The molecular formula is C22H24N2O2. The monoisotopic (exact) mass is 348 g/mol. The molecule has 4 rings (SSSR count). The van der Waals surface area contributed by atoms with Crippen LogP contribution in [0.3, 0.4) is 0 Å². The van der Waals surface area contributed by atoms with Crippen molar-refractivity contribution in [1.82, 2.24) is 4.98 Å². The van der Waals surface area contributed by atoms with Gasteiger partial charge in [0.1, 0.15) is 0 Å². The van der Waals surface area contributed by atoms with Crippen LogP contribution in [0.4, 0.5) is 5.69 Å². The van der Waals surface area contributed by atoms with Crippen LogP contribution in [0.1, 0.15) is 31.2 Å². The van der Waals surface area contributed by atoms with Gasteiger partial charge in [0.2, 0.25) is 0 Å². The van der Waals surface area contributed by atoms with Gasteiger partial charge in [-0.1, -0.05) is 18.2 Å². The zero-order valence-electron chi connectivity index (χ0n) is 15.1. The fourth-order valence-corrected chi connectivity index (χ4v) is 3.48. The summed E-state index contributed by atoms with van der Waals surface area (Å²) in [4.78, 5) is 4.52. The minimum absolute atomic E-state index is 0.309. The van der Waals surface area contributed by atoms with Gasteiger partial charge in [-0.2, -0.15) is 0 Å². The minimum Gasteiger partial charge on any atom is -0.493 e. The molecule has 0 amide bonds. The summed E-state index contributed by atoms with van der Waals surface area (Å²) in [5, 5.41) is 4.63. The Morgan fingerprint density at radius 1 is 1.04 bits per heavy atom. The molecule has 26 heavy (non-hydrogen) atoms. The fourth-order valence-electron chi connectivity index (χ4n) is 3.48. The number of ether oxygens (including phenoxy) is 2. The molecule has 1 aliphatic carbocycles. The van der Waals surface area contributed by atoms with Crippen molar-refractivity contribution in [2.24, 2.45) is 0 Å². The first kappa shape index (κ1) is 16.7. The summed E-state index contributed by atoms with van der Waals surface area (Å²) in [6, 6.07) is 16.4. The van der Waals surface area contributed by atoms with E-state index in [2.05, 4.69) is 22.4 Å². The van der Waals surface area contributed by atoms with Gasteiger partial charge < -0.3 is 14.8 Å². The lowest BCUT2D eigenvalue weighted by Gasteiger charge is -2.17. The topological polar surface area (TPSA) is 43.4 Å². The van der Waals surface area contributed by atoms with Crippen LogP contribution in [0.15, 0.2) is 54.7 Å². The van der Waals surface area contributed by atoms with E-state index < -0.39 is 0 Å². The Hall–Kier alpha value is -2.75. The Balaban J connectivity index is 1.48. The Kier molecular flexibility index (Phi) is 4.91. The van der Waals surface area contributed by atoms with Crippen LogP contribution in [0, 0.1) is 0 Å². The minimum atomic E-state index is 0.309. The molecule has 3 aromatic rings. The number of benzene rings is 2. The number of methoxy groups -OCH3 is 1. The molecule has 0 radical (unpaired) electrons. The number of anilines is 1. The average Bonchev–Trinajstić information content (AvgIpc) is 3.19. The number of fused-ring (bicyclic) bond motifs is 1. The molecule has 0 atom stereocenters. The number of hydrogen-bond acceptors (Lipinski definition) is 4. The van der Waals surface area contributed by atoms with Crippen molar-refractivity contribution in [3.8, 4) is 11.5 Å². The number of pyridine rings is 1. The summed E-state index contributed by atoms with van der Waals surface area (Å²) in [5.74, 6) is 1.61. The lowest BCUT2D eigenvalue weighted by Crippen LogP contribution is -2.12. The van der Waals surface area contributed by atoms with Crippen LogP contribution >= 0.6 is 0 Å². The van der Waals surface area contributed by atoms with Gasteiger partial charge in [-0.05, 0) is 55.5 Å². The second-order valence-electron chi connectivity index (χ2n) is 6.78. The maximum Gasteiger partial charge on any atom is 0.163 e. The molecule has 1 saturated carbocycles. The van der Waals surface area contributed by atoms with Gasteiger partial charge in [0.05, 0.1) is 18.7 Å². The molecule has 1 N–H and O–H groups in total. The standard InChI is InChI=1S/C22H24N2O2/c1-25-21-11-10-18(13-22(21)26-19-7-3-4-8-19)23-14-16-12-17-6-2-5-9-20(17)24-15-16/h2,5-6,9-13,15,19,23H,3-4,7-8,14H2,1H3. The number of hydrogen-bond donors (Lipinski definition) is 1. The Morgan fingerprint density at radius 2 is 1.88 bits per heavy atom. The summed E-state index contributed by atoms with van der Waals surface area (Å²) >= 11 is 0. The molecule has 1 aromatic heterocycles. The highest BCUT2D eigenvalue weighted by Gasteiger charge is 2.18. The first-order valence-electron chi connectivity index (χ1n) is 9.24. The van der Waals surface area contributed by atoms with Crippen LogP contribution in [0.5, 0.6) is 11.5 Å². The molecule has 134 valence electrons. The second kappa shape index (κ2) is 7.65. The van der Waals surface area contributed by atoms with Crippen molar-refractivity contribution in [3.63, 3.8) is 0 Å². The van der Waals surface area contributed by atoms with Gasteiger partial charge >= 0.3 is 0 Å². The van der Waals surface area contributed by atoms with Gasteiger partial charge in [0.25, 0.3) is 0 Å². The molecule has 0 bridgehead atoms. The van der Waals surface area contributed by atoms with Crippen molar-refractivity contribution in [3.05, 3.63) is 60.3 Å². The van der Waals surface area contributed by atoms with E-state index >= 15 is 0 Å². The summed E-state index contributed by atoms with van der Waals surface area (Å²) in [6.45, 7) is 0.715. The number of para-hydroxylation sites is 1. The molecule has 1 heterocycles. The van der Waals surface area contributed by atoms with Crippen molar-refractivity contribution >= 4 is 16.6 Å². The maximum atomic E-state index is 6.17. The van der Waals surface area contributed by atoms with Crippen LogP contribution in [0.25, 0.3) is 10.9 Å². The summed E-state index contributed by atoms with van der Waals surface area (Å²) < 4.78 is 11.6. The molecule has 2 aromatic carbocycles. The zero-order valence-corrected chi connectivity index (χ0v) is 15.1. The maximum absolute atomic E-state index is 6.17. The average molecular weight is 348 g/mol. The van der Waals surface area contributed by atoms with E-state index in [4.69, 9.17) is 9.47 Å². The van der Waals surface area contributed by atoms with Gasteiger partial charge in [0.15, 0.2) is 11.5 Å². The lowest BCUT2D eigenvalue weighted by molar-refractivity contribution is 0.201. The fraction of sp³-hybridized carbons (Fsp3) is 0.318. The first-order valence-corrected chi connectivity index (χ1v) is 9.24.